The number of aromatic nitrogens is 2. The van der Waals surface area contributed by atoms with Crippen molar-refractivity contribution in [2.75, 3.05) is 0 Å². The van der Waals surface area contributed by atoms with Gasteiger partial charge in [-0.3, -0.25) is 4.79 Å². The van der Waals surface area contributed by atoms with Crippen molar-refractivity contribution < 1.29 is 4.79 Å². The minimum atomic E-state index is 0.0164. The number of carbonyl (C=O) groups is 1. The molecule has 0 spiro atoms. The van der Waals surface area contributed by atoms with Crippen molar-refractivity contribution in [1.82, 2.24) is 14.9 Å². The molecular formula is C19H21N3OS. The zero-order valence-corrected chi connectivity index (χ0v) is 14.5. The Hall–Kier alpha value is -2.40. The maximum atomic E-state index is 12.4. The van der Waals surface area contributed by atoms with Gasteiger partial charge in [-0.05, 0) is 35.9 Å². The number of hydrogen-bond acceptors (Lipinski definition) is 3. The van der Waals surface area contributed by atoms with Gasteiger partial charge in [-0.25, -0.2) is 4.98 Å². The molecule has 0 saturated carbocycles. The molecule has 2 heterocycles. The number of benzene rings is 1. The van der Waals surface area contributed by atoms with Crippen molar-refractivity contribution in [3.63, 3.8) is 0 Å². The molecule has 3 rings (SSSR count). The van der Waals surface area contributed by atoms with Gasteiger partial charge in [0.15, 0.2) is 0 Å². The molecule has 1 amide bonds. The number of rotatable bonds is 7. The van der Waals surface area contributed by atoms with Crippen molar-refractivity contribution in [3.8, 4) is 0 Å². The number of hydrogen-bond donors (Lipinski definition) is 1. The molecule has 3 aromatic rings. The van der Waals surface area contributed by atoms with Crippen LogP contribution in [0.25, 0.3) is 0 Å². The third-order valence-corrected chi connectivity index (χ3v) is 5.12. The van der Waals surface area contributed by atoms with Gasteiger partial charge in [-0.1, -0.05) is 30.3 Å². The number of imidazole rings is 1. The number of nitrogens with one attached hydrogen (secondary N) is 1. The highest BCUT2D eigenvalue weighted by atomic mass is 32.1. The Bertz CT molecular complexity index is 765. The average molecular weight is 339 g/mol. The topological polar surface area (TPSA) is 46.9 Å². The molecule has 0 radical (unpaired) electrons. The van der Waals surface area contributed by atoms with Gasteiger partial charge in [-0.15, -0.1) is 11.3 Å². The smallest absolute Gasteiger partial charge is 0.222 e. The highest BCUT2D eigenvalue weighted by molar-refractivity contribution is 7.10. The van der Waals surface area contributed by atoms with Crippen LogP contribution in [0.3, 0.4) is 0 Å². The van der Waals surface area contributed by atoms with Crippen LogP contribution in [0.5, 0.6) is 0 Å². The minimum absolute atomic E-state index is 0.0164. The van der Waals surface area contributed by atoms with Crippen LogP contribution in [-0.4, -0.2) is 15.5 Å². The monoisotopic (exact) mass is 339 g/mol. The SMILES string of the molecule is Cc1ccsc1[C@H](Cc1ccccc1)NC(=O)CCn1ccnc1. The van der Waals surface area contributed by atoms with Crippen LogP contribution >= 0.6 is 11.3 Å². The maximum absolute atomic E-state index is 12.4. The number of thiophene rings is 1. The minimum Gasteiger partial charge on any atom is -0.348 e. The van der Waals surface area contributed by atoms with Crippen LogP contribution in [-0.2, 0) is 17.8 Å². The molecule has 1 N–H and O–H groups in total. The fourth-order valence-electron chi connectivity index (χ4n) is 2.72. The van der Waals surface area contributed by atoms with Gasteiger partial charge >= 0.3 is 0 Å². The van der Waals surface area contributed by atoms with Crippen molar-refractivity contribution in [3.05, 3.63) is 76.5 Å². The number of aryl methyl sites for hydroxylation is 2. The van der Waals surface area contributed by atoms with Crippen LogP contribution < -0.4 is 5.32 Å². The zero-order chi connectivity index (χ0) is 16.8. The van der Waals surface area contributed by atoms with Crippen LogP contribution in [0.4, 0.5) is 0 Å². The van der Waals surface area contributed by atoms with E-state index in [0.717, 1.165) is 6.42 Å². The first-order chi connectivity index (χ1) is 11.7. The Morgan fingerprint density at radius 1 is 1.29 bits per heavy atom. The molecule has 0 bridgehead atoms. The number of carbonyl (C=O) groups excluding carboxylic acids is 1. The third kappa shape index (κ3) is 4.32. The Morgan fingerprint density at radius 3 is 2.79 bits per heavy atom. The molecule has 1 aromatic carbocycles. The van der Waals surface area contributed by atoms with Crippen molar-refractivity contribution in [2.45, 2.75) is 32.4 Å². The standard InChI is InChI=1S/C19H21N3OS/c1-15-8-12-24-19(15)17(13-16-5-3-2-4-6-16)21-18(23)7-10-22-11-9-20-14-22/h2-6,8-9,11-12,14,17H,7,10,13H2,1H3,(H,21,23)/t17-/m0/s1. The first-order valence-electron chi connectivity index (χ1n) is 8.05. The van der Waals surface area contributed by atoms with Gasteiger partial charge in [0.2, 0.25) is 5.91 Å². The number of amides is 1. The molecule has 24 heavy (non-hydrogen) atoms. The summed E-state index contributed by atoms with van der Waals surface area (Å²) in [5.41, 5.74) is 2.46. The lowest BCUT2D eigenvalue weighted by Gasteiger charge is -2.19. The highest BCUT2D eigenvalue weighted by Gasteiger charge is 2.18. The molecular weight excluding hydrogens is 318 g/mol. The summed E-state index contributed by atoms with van der Waals surface area (Å²) in [5, 5.41) is 5.29. The average Bonchev–Trinajstić information content (AvgIpc) is 3.25. The zero-order valence-electron chi connectivity index (χ0n) is 13.7. The van der Waals surface area contributed by atoms with E-state index in [1.54, 1.807) is 23.9 Å². The van der Waals surface area contributed by atoms with Gasteiger partial charge in [0.25, 0.3) is 0 Å². The second kappa shape index (κ2) is 7.93. The van der Waals surface area contributed by atoms with Gasteiger partial charge in [0.05, 0.1) is 12.4 Å². The first kappa shape index (κ1) is 16.5. The predicted molar refractivity (Wildman–Crippen MR) is 96.9 cm³/mol. The summed E-state index contributed by atoms with van der Waals surface area (Å²) in [6.07, 6.45) is 6.59. The Kier molecular flexibility index (Phi) is 5.43. The van der Waals surface area contributed by atoms with Gasteiger partial charge in [0.1, 0.15) is 0 Å². The normalized spacial score (nSPS) is 12.0. The van der Waals surface area contributed by atoms with E-state index in [1.807, 2.05) is 29.0 Å². The lowest BCUT2D eigenvalue weighted by molar-refractivity contribution is -0.122. The first-order valence-corrected chi connectivity index (χ1v) is 8.93. The van der Waals surface area contributed by atoms with E-state index in [-0.39, 0.29) is 11.9 Å². The summed E-state index contributed by atoms with van der Waals surface area (Å²) in [4.78, 5) is 17.6. The lowest BCUT2D eigenvalue weighted by Crippen LogP contribution is -2.30. The van der Waals surface area contributed by atoms with Crippen LogP contribution in [0, 0.1) is 6.92 Å². The summed E-state index contributed by atoms with van der Waals surface area (Å²) < 4.78 is 1.92. The van der Waals surface area contributed by atoms with Crippen LogP contribution in [0.15, 0.2) is 60.5 Å². The Labute approximate surface area is 146 Å². The molecule has 0 unspecified atom stereocenters. The summed E-state index contributed by atoms with van der Waals surface area (Å²) >= 11 is 1.70. The van der Waals surface area contributed by atoms with Gasteiger partial charge in [0, 0.05) is 30.2 Å². The summed E-state index contributed by atoms with van der Waals surface area (Å²) in [6, 6.07) is 12.4. The quantitative estimate of drug-likeness (QED) is 0.713. The maximum Gasteiger partial charge on any atom is 0.222 e. The molecule has 124 valence electrons. The molecule has 1 atom stereocenters. The second-order valence-electron chi connectivity index (χ2n) is 5.83. The summed E-state index contributed by atoms with van der Waals surface area (Å²) in [7, 11) is 0. The fraction of sp³-hybridized carbons (Fsp3) is 0.263. The molecule has 0 aliphatic heterocycles. The highest BCUT2D eigenvalue weighted by Crippen LogP contribution is 2.27. The van der Waals surface area contributed by atoms with Crippen molar-refractivity contribution in [1.29, 1.82) is 0 Å². The molecule has 4 nitrogen and oxygen atoms in total. The van der Waals surface area contributed by atoms with Crippen LogP contribution in [0.1, 0.15) is 28.5 Å². The largest absolute Gasteiger partial charge is 0.348 e. The van der Waals surface area contributed by atoms with Gasteiger partial charge < -0.3 is 9.88 Å². The van der Waals surface area contributed by atoms with E-state index in [4.69, 9.17) is 0 Å². The number of nitrogens with zero attached hydrogens (tertiary/aromatic N) is 2. The third-order valence-electron chi connectivity index (χ3n) is 3.99. The molecule has 2 aromatic heterocycles. The van der Waals surface area contributed by atoms with E-state index >= 15 is 0 Å². The summed E-state index contributed by atoms with van der Waals surface area (Å²) in [5.74, 6) is 0.0671. The molecule has 0 fully saturated rings. The molecule has 0 saturated heterocycles. The lowest BCUT2D eigenvalue weighted by atomic mass is 10.0. The van der Waals surface area contributed by atoms with E-state index in [0.29, 0.717) is 13.0 Å². The second-order valence-corrected chi connectivity index (χ2v) is 6.78. The molecule has 0 aliphatic rings. The Balaban J connectivity index is 1.67. The van der Waals surface area contributed by atoms with Crippen LogP contribution in [0.2, 0.25) is 0 Å². The molecule has 5 heteroatoms. The van der Waals surface area contributed by atoms with E-state index < -0.39 is 0 Å². The summed E-state index contributed by atoms with van der Waals surface area (Å²) in [6.45, 7) is 2.74. The van der Waals surface area contributed by atoms with E-state index in [1.165, 1.54) is 16.0 Å². The predicted octanol–water partition coefficient (Wildman–Crippen LogP) is 3.74. The molecule has 0 aliphatic carbocycles. The van der Waals surface area contributed by atoms with E-state index in [2.05, 4.69) is 40.8 Å². The fourth-order valence-corrected chi connectivity index (χ4v) is 3.70. The van der Waals surface area contributed by atoms with Crippen molar-refractivity contribution in [2.24, 2.45) is 0 Å². The Morgan fingerprint density at radius 2 is 2.12 bits per heavy atom. The van der Waals surface area contributed by atoms with E-state index in [9.17, 15) is 4.79 Å². The van der Waals surface area contributed by atoms with Crippen molar-refractivity contribution >= 4 is 17.2 Å². The van der Waals surface area contributed by atoms with Gasteiger partial charge in [-0.2, -0.15) is 0 Å².